The number of fused-ring (bicyclic) bond motifs is 1. The number of nitrogen functional groups attached to an aromatic ring is 1. The molecular formula is C24H21BClN5O11S. The first-order valence-corrected chi connectivity index (χ1v) is 13.3. The molecule has 2 aromatic carbocycles. The molecule has 9 N–H and O–H groups in total. The first-order valence-electron chi connectivity index (χ1n) is 12.0. The van der Waals surface area contributed by atoms with Gasteiger partial charge in [0.15, 0.2) is 28.4 Å². The van der Waals surface area contributed by atoms with Crippen LogP contribution in [-0.2, 0) is 20.8 Å². The Morgan fingerprint density at radius 2 is 1.95 bits per heavy atom. The molecule has 0 spiro atoms. The molecule has 1 aliphatic heterocycles. The number of carbonyl (C=O) groups is 4. The minimum Gasteiger partial charge on any atom is -0.534 e. The molecule has 0 saturated carbocycles. The van der Waals surface area contributed by atoms with E-state index in [-0.39, 0.29) is 34.1 Å². The fourth-order valence-electron chi connectivity index (χ4n) is 3.87. The average Bonchev–Trinajstić information content (AvgIpc) is 3.38. The highest BCUT2D eigenvalue weighted by Gasteiger charge is 2.39. The molecule has 0 unspecified atom stereocenters. The standard InChI is InChI=1S/C24H21BClN5O11S/c26-16-10(4-5-14(32)18(16)33)20(34)28-12(23(38)39)7-41-31-17(13-8-43-24(27)29-13)21(35)30-15-6-9-2-1-3-11(22(36)37)19(9)42-25(15)40/h1-5,8,12,15,32-33,40H,6-7H2,(H2,27,29)(H,28,34)(H,30,35)(H,36,37)(H,38,39)/b31-17-/t12-,15-/m0/s1. The van der Waals surface area contributed by atoms with Crippen molar-refractivity contribution < 1.29 is 54.1 Å². The van der Waals surface area contributed by atoms with Crippen LogP contribution in [0.4, 0.5) is 5.13 Å². The summed E-state index contributed by atoms with van der Waals surface area (Å²) in [4.78, 5) is 58.1. The Bertz CT molecular complexity index is 1630. The van der Waals surface area contributed by atoms with Crippen molar-refractivity contribution in [1.82, 2.24) is 15.6 Å². The topological polar surface area (TPSA) is 263 Å². The van der Waals surface area contributed by atoms with E-state index in [9.17, 15) is 44.6 Å². The van der Waals surface area contributed by atoms with Crippen molar-refractivity contribution in [3.05, 3.63) is 63.1 Å². The van der Waals surface area contributed by atoms with Gasteiger partial charge in [0.05, 0.1) is 22.1 Å². The van der Waals surface area contributed by atoms with Crippen LogP contribution < -0.4 is 21.0 Å². The predicted molar refractivity (Wildman–Crippen MR) is 150 cm³/mol. The maximum absolute atomic E-state index is 13.2. The number of carboxylic acids is 2. The van der Waals surface area contributed by atoms with Crippen molar-refractivity contribution in [2.45, 2.75) is 18.4 Å². The summed E-state index contributed by atoms with van der Waals surface area (Å²) in [5.41, 5.74) is 5.06. The number of carbonyl (C=O) groups excluding carboxylic acids is 2. The van der Waals surface area contributed by atoms with Crippen LogP contribution in [0.1, 0.15) is 32.0 Å². The Morgan fingerprint density at radius 3 is 2.60 bits per heavy atom. The van der Waals surface area contributed by atoms with Gasteiger partial charge in [0.1, 0.15) is 18.1 Å². The van der Waals surface area contributed by atoms with Crippen molar-refractivity contribution in [1.29, 1.82) is 0 Å². The Morgan fingerprint density at radius 1 is 1.21 bits per heavy atom. The molecule has 2 amide bonds. The van der Waals surface area contributed by atoms with Crippen LogP contribution in [0.2, 0.25) is 5.02 Å². The van der Waals surface area contributed by atoms with Gasteiger partial charge in [-0.15, -0.1) is 11.3 Å². The number of amides is 2. The predicted octanol–water partition coefficient (Wildman–Crippen LogP) is 0.232. The third-order valence-electron chi connectivity index (χ3n) is 5.99. The third kappa shape index (κ3) is 6.88. The molecule has 16 nitrogen and oxygen atoms in total. The lowest BCUT2D eigenvalue weighted by atomic mass is 9.72. The third-order valence-corrected chi connectivity index (χ3v) is 7.04. The Balaban J connectivity index is 1.50. The summed E-state index contributed by atoms with van der Waals surface area (Å²) < 4.78 is 5.37. The quantitative estimate of drug-likeness (QED) is 0.0644. The summed E-state index contributed by atoms with van der Waals surface area (Å²) in [7, 11) is -1.64. The van der Waals surface area contributed by atoms with E-state index in [1.165, 1.54) is 17.5 Å². The normalized spacial score (nSPS) is 15.1. The molecule has 0 bridgehead atoms. The van der Waals surface area contributed by atoms with Gasteiger partial charge in [0, 0.05) is 5.38 Å². The maximum Gasteiger partial charge on any atom is 0.547 e. The van der Waals surface area contributed by atoms with Gasteiger partial charge < -0.3 is 51.3 Å². The Kier molecular flexibility index (Phi) is 9.23. The second-order valence-corrected chi connectivity index (χ2v) is 10.1. The molecule has 19 heteroatoms. The number of aromatic nitrogens is 1. The van der Waals surface area contributed by atoms with Crippen LogP contribution in [0.15, 0.2) is 40.9 Å². The molecule has 2 atom stereocenters. The van der Waals surface area contributed by atoms with Crippen molar-refractivity contribution in [2.24, 2.45) is 5.16 Å². The number of aromatic carboxylic acids is 1. The van der Waals surface area contributed by atoms with E-state index in [0.29, 0.717) is 5.56 Å². The largest absolute Gasteiger partial charge is 0.547 e. The first-order chi connectivity index (χ1) is 20.4. The van der Waals surface area contributed by atoms with Gasteiger partial charge in [-0.3, -0.25) is 9.59 Å². The number of thiazole rings is 1. The first kappa shape index (κ1) is 30.9. The van der Waals surface area contributed by atoms with Crippen molar-refractivity contribution >= 4 is 64.7 Å². The number of carboxylic acid groups (broad SMARTS) is 2. The zero-order chi connectivity index (χ0) is 31.4. The highest BCUT2D eigenvalue weighted by atomic mass is 35.5. The van der Waals surface area contributed by atoms with Gasteiger partial charge in [-0.25, -0.2) is 14.6 Å². The molecular weight excluding hydrogens is 613 g/mol. The number of phenols is 2. The van der Waals surface area contributed by atoms with Gasteiger partial charge >= 0.3 is 19.1 Å². The van der Waals surface area contributed by atoms with Gasteiger partial charge in [-0.05, 0) is 30.2 Å². The molecule has 0 aliphatic carbocycles. The molecule has 0 saturated heterocycles. The number of oxime groups is 1. The Hall–Kier alpha value is -5.07. The number of nitrogens with one attached hydrogen (secondary N) is 2. The summed E-state index contributed by atoms with van der Waals surface area (Å²) in [5.74, 6) is -7.25. The number of nitrogens with two attached hydrogens (primary N) is 1. The van der Waals surface area contributed by atoms with Gasteiger partial charge in [0.2, 0.25) is 0 Å². The molecule has 0 radical (unpaired) electrons. The lowest BCUT2D eigenvalue weighted by molar-refractivity contribution is -0.140. The zero-order valence-corrected chi connectivity index (χ0v) is 23.1. The van der Waals surface area contributed by atoms with Gasteiger partial charge in [-0.2, -0.15) is 0 Å². The summed E-state index contributed by atoms with van der Waals surface area (Å²) in [6.07, 6.45) is -0.0147. The van der Waals surface area contributed by atoms with E-state index in [1.54, 1.807) is 6.07 Å². The van der Waals surface area contributed by atoms with Crippen LogP contribution in [0, 0.1) is 0 Å². The maximum atomic E-state index is 13.2. The number of nitrogens with zero attached hydrogens (tertiary/aromatic N) is 2. The molecule has 4 rings (SSSR count). The number of phenolic OH excluding ortho intramolecular Hbond substituents is 2. The minimum atomic E-state index is -1.72. The number of halogens is 1. The van der Waals surface area contributed by atoms with E-state index in [2.05, 4.69) is 20.8 Å². The van der Waals surface area contributed by atoms with Crippen LogP contribution in [0.25, 0.3) is 0 Å². The highest BCUT2D eigenvalue weighted by Crippen LogP contribution is 2.35. The lowest BCUT2D eigenvalue weighted by Crippen LogP contribution is -2.54. The molecule has 3 aromatic rings. The van der Waals surface area contributed by atoms with Crippen molar-refractivity contribution in [3.8, 4) is 17.2 Å². The van der Waals surface area contributed by atoms with Crippen LogP contribution in [-0.4, -0.2) is 85.6 Å². The number of para-hydroxylation sites is 1. The fourth-order valence-corrected chi connectivity index (χ4v) is 4.66. The average molecular weight is 634 g/mol. The second-order valence-electron chi connectivity index (χ2n) is 8.86. The van der Waals surface area contributed by atoms with E-state index in [1.807, 2.05) is 0 Å². The number of benzene rings is 2. The molecule has 1 aromatic heterocycles. The molecule has 43 heavy (non-hydrogen) atoms. The fraction of sp³-hybridized carbons (Fsp3) is 0.167. The molecule has 2 heterocycles. The summed E-state index contributed by atoms with van der Waals surface area (Å²) in [6.45, 7) is -0.792. The summed E-state index contributed by atoms with van der Waals surface area (Å²) >= 11 is 6.83. The van der Waals surface area contributed by atoms with E-state index >= 15 is 0 Å². The van der Waals surface area contributed by atoms with E-state index in [4.69, 9.17) is 26.8 Å². The molecule has 224 valence electrons. The Labute approximate surface area is 250 Å². The highest BCUT2D eigenvalue weighted by molar-refractivity contribution is 7.13. The lowest BCUT2D eigenvalue weighted by Gasteiger charge is -2.28. The smallest absolute Gasteiger partial charge is 0.534 e. The zero-order valence-electron chi connectivity index (χ0n) is 21.6. The second kappa shape index (κ2) is 12.8. The number of hydrogen-bond donors (Lipinski definition) is 8. The van der Waals surface area contributed by atoms with Gasteiger partial charge in [0.25, 0.3) is 11.8 Å². The van der Waals surface area contributed by atoms with Crippen molar-refractivity contribution in [2.75, 3.05) is 12.3 Å². The summed E-state index contributed by atoms with van der Waals surface area (Å²) in [6, 6.07) is 4.67. The number of anilines is 1. The van der Waals surface area contributed by atoms with Crippen LogP contribution in [0.3, 0.4) is 0 Å². The minimum absolute atomic E-state index is 0.0147. The monoisotopic (exact) mass is 633 g/mol. The SMILES string of the molecule is Nc1nc(/C(=N/OC[C@H](NC(=O)c2ccc(O)c(O)c2Cl)C(=O)O)C(=O)N[C@H]2Cc3cccc(C(=O)O)c3OB2O)cs1. The van der Waals surface area contributed by atoms with Crippen molar-refractivity contribution in [3.63, 3.8) is 0 Å². The van der Waals surface area contributed by atoms with E-state index in [0.717, 1.165) is 23.5 Å². The molecule has 0 fully saturated rings. The number of aliphatic carboxylic acids is 1. The van der Waals surface area contributed by atoms with Crippen LogP contribution in [0.5, 0.6) is 17.2 Å². The number of aromatic hydroxyl groups is 2. The van der Waals surface area contributed by atoms with E-state index < -0.39 is 71.7 Å². The number of hydrogen-bond acceptors (Lipinski definition) is 13. The van der Waals surface area contributed by atoms with Gasteiger partial charge in [-0.1, -0.05) is 28.9 Å². The summed E-state index contributed by atoms with van der Waals surface area (Å²) in [5, 5.41) is 57.9. The number of rotatable bonds is 10. The van der Waals surface area contributed by atoms with Crippen LogP contribution >= 0.6 is 22.9 Å². The molecule has 1 aliphatic rings.